The molecule has 1 aliphatic rings. The van der Waals surface area contributed by atoms with Gasteiger partial charge in [0.1, 0.15) is 16.5 Å². The molecule has 0 N–H and O–H groups in total. The van der Waals surface area contributed by atoms with Gasteiger partial charge in [0.2, 0.25) is 5.88 Å². The van der Waals surface area contributed by atoms with Crippen LogP contribution in [0.5, 0.6) is 5.88 Å². The maximum absolute atomic E-state index is 14.1. The fourth-order valence-corrected chi connectivity index (χ4v) is 5.31. The number of hydrogen-bond acceptors (Lipinski definition) is 5. The second-order valence-electron chi connectivity index (χ2n) is 9.77. The molecular weight excluding hydrogens is 419 g/mol. The molecule has 0 saturated carbocycles. The normalized spacial score (nSPS) is 15.8. The minimum Gasteiger partial charge on any atom is -0.476 e. The van der Waals surface area contributed by atoms with Crippen molar-refractivity contribution in [1.82, 2.24) is 9.78 Å². The van der Waals surface area contributed by atoms with Crippen LogP contribution < -0.4 is 4.74 Å². The van der Waals surface area contributed by atoms with Crippen LogP contribution in [0.15, 0.2) is 23.2 Å². The fourth-order valence-electron chi connectivity index (χ4n) is 4.00. The van der Waals surface area contributed by atoms with Gasteiger partial charge in [-0.05, 0) is 40.7 Å². The third kappa shape index (κ3) is 5.00. The van der Waals surface area contributed by atoms with Crippen LogP contribution in [0, 0.1) is 11.2 Å². The molecule has 0 spiro atoms. The third-order valence-corrected chi connectivity index (χ3v) is 7.18. The monoisotopic (exact) mass is 450 g/mol. The van der Waals surface area contributed by atoms with E-state index in [0.717, 1.165) is 16.7 Å². The van der Waals surface area contributed by atoms with Gasteiger partial charge in [-0.15, -0.1) is 0 Å². The average Bonchev–Trinajstić information content (AvgIpc) is 3.04. The number of sulfone groups is 1. The highest BCUT2D eigenvalue weighted by atomic mass is 32.2. The summed E-state index contributed by atoms with van der Waals surface area (Å²) in [4.78, 5) is 12.8. The van der Waals surface area contributed by atoms with Crippen LogP contribution in [0.2, 0.25) is 0 Å². The number of ketones is 1. The molecule has 1 aliphatic heterocycles. The lowest BCUT2D eigenvalue weighted by atomic mass is 9.86. The summed E-state index contributed by atoms with van der Waals surface area (Å²) in [5.41, 5.74) is 2.05. The molecule has 0 amide bonds. The first-order valence-electron chi connectivity index (χ1n) is 10.6. The van der Waals surface area contributed by atoms with Crippen molar-refractivity contribution in [2.24, 2.45) is 5.41 Å². The predicted molar refractivity (Wildman–Crippen MR) is 117 cm³/mol. The summed E-state index contributed by atoms with van der Waals surface area (Å²) < 4.78 is 47.4. The van der Waals surface area contributed by atoms with Crippen molar-refractivity contribution in [3.63, 3.8) is 0 Å². The molecular formula is C23H31FN2O4S. The molecule has 0 unspecified atom stereocenters. The van der Waals surface area contributed by atoms with E-state index in [4.69, 9.17) is 4.74 Å². The highest BCUT2D eigenvalue weighted by Gasteiger charge is 2.34. The molecule has 31 heavy (non-hydrogen) atoms. The molecule has 2 heterocycles. The second kappa shape index (κ2) is 8.37. The van der Waals surface area contributed by atoms with Gasteiger partial charge in [0.15, 0.2) is 15.6 Å². The Balaban J connectivity index is 1.88. The lowest BCUT2D eigenvalue weighted by molar-refractivity contribution is -0.116. The molecule has 0 radical (unpaired) electrons. The van der Waals surface area contributed by atoms with Crippen molar-refractivity contribution in [3.05, 3.63) is 40.8 Å². The Morgan fingerprint density at radius 2 is 1.77 bits per heavy atom. The van der Waals surface area contributed by atoms with Gasteiger partial charge < -0.3 is 4.74 Å². The summed E-state index contributed by atoms with van der Waals surface area (Å²) >= 11 is 0. The van der Waals surface area contributed by atoms with Crippen LogP contribution in [-0.2, 0) is 27.6 Å². The molecule has 0 saturated heterocycles. The van der Waals surface area contributed by atoms with Crippen molar-refractivity contribution in [2.45, 2.75) is 71.2 Å². The van der Waals surface area contributed by atoms with Crippen molar-refractivity contribution in [2.75, 3.05) is 12.4 Å². The highest BCUT2D eigenvalue weighted by molar-refractivity contribution is 7.92. The van der Waals surface area contributed by atoms with Crippen LogP contribution in [0.3, 0.4) is 0 Å². The first-order valence-corrected chi connectivity index (χ1v) is 12.2. The number of aromatic nitrogens is 2. The first kappa shape index (κ1) is 23.4. The van der Waals surface area contributed by atoms with E-state index >= 15 is 0 Å². The van der Waals surface area contributed by atoms with E-state index in [-0.39, 0.29) is 40.3 Å². The summed E-state index contributed by atoms with van der Waals surface area (Å²) in [6.45, 7) is 12.7. The van der Waals surface area contributed by atoms with E-state index in [2.05, 4.69) is 5.10 Å². The maximum Gasteiger partial charge on any atom is 0.231 e. The lowest BCUT2D eigenvalue weighted by Gasteiger charge is -2.30. The topological polar surface area (TPSA) is 78.3 Å². The van der Waals surface area contributed by atoms with E-state index in [1.165, 1.54) is 23.0 Å². The minimum atomic E-state index is -3.92. The quantitative estimate of drug-likeness (QED) is 0.629. The number of fused-ring (bicyclic) bond motifs is 1. The number of carbonyl (C=O) groups excluding carboxylic acids is 1. The van der Waals surface area contributed by atoms with Crippen LogP contribution in [-0.4, -0.2) is 36.3 Å². The van der Waals surface area contributed by atoms with Crippen molar-refractivity contribution < 1.29 is 22.3 Å². The van der Waals surface area contributed by atoms with Crippen molar-refractivity contribution in [1.29, 1.82) is 0 Å². The van der Waals surface area contributed by atoms with Crippen LogP contribution >= 0.6 is 0 Å². The van der Waals surface area contributed by atoms with Gasteiger partial charge in [-0.1, -0.05) is 41.5 Å². The van der Waals surface area contributed by atoms with Gasteiger partial charge in [-0.2, -0.15) is 5.10 Å². The molecule has 0 fully saturated rings. The van der Waals surface area contributed by atoms with Gasteiger partial charge >= 0.3 is 0 Å². The molecule has 8 heteroatoms. The van der Waals surface area contributed by atoms with E-state index in [1.54, 1.807) is 0 Å². The molecule has 1 aromatic heterocycles. The van der Waals surface area contributed by atoms with Gasteiger partial charge in [-0.25, -0.2) is 17.5 Å². The van der Waals surface area contributed by atoms with Gasteiger partial charge in [-0.3, -0.25) is 4.79 Å². The van der Waals surface area contributed by atoms with Crippen LogP contribution in [0.1, 0.15) is 70.1 Å². The SMILES string of the molecule is CC(C)c1cc(F)cc(C(C)C)c1CC(=O)CS(=O)(=O)c1cnn2c1OCC(C)(C)C2. The third-order valence-electron chi connectivity index (χ3n) is 5.52. The Morgan fingerprint density at radius 1 is 1.19 bits per heavy atom. The summed E-state index contributed by atoms with van der Waals surface area (Å²) in [5.74, 6) is -1.22. The Kier molecular flexibility index (Phi) is 6.33. The highest BCUT2D eigenvalue weighted by Crippen LogP contribution is 2.34. The van der Waals surface area contributed by atoms with E-state index in [9.17, 15) is 17.6 Å². The van der Waals surface area contributed by atoms with Gasteiger partial charge in [0.25, 0.3) is 0 Å². The first-order chi connectivity index (χ1) is 14.3. The molecule has 0 bridgehead atoms. The van der Waals surface area contributed by atoms with E-state index in [1.807, 2.05) is 41.5 Å². The predicted octanol–water partition coefficient (Wildman–Crippen LogP) is 4.27. The van der Waals surface area contributed by atoms with E-state index in [0.29, 0.717) is 13.2 Å². The number of Topliss-reactive ketones (excluding diaryl/α,β-unsaturated/α-hetero) is 1. The largest absolute Gasteiger partial charge is 0.476 e. The standard InChI is InChI=1S/C23H31FN2O4S/c1-14(2)18-7-16(24)8-19(15(3)4)20(18)9-17(27)11-31(28,29)21-10-25-26-12-23(5,6)13-30-22(21)26/h7-8,10,14-15H,9,11-13H2,1-6H3. The number of rotatable bonds is 7. The molecule has 0 atom stereocenters. The Labute approximate surface area is 183 Å². The molecule has 0 aliphatic carbocycles. The van der Waals surface area contributed by atoms with E-state index < -0.39 is 21.4 Å². The molecule has 3 rings (SSSR count). The molecule has 6 nitrogen and oxygen atoms in total. The Bertz CT molecular complexity index is 1070. The van der Waals surface area contributed by atoms with Crippen LogP contribution in [0.25, 0.3) is 0 Å². The average molecular weight is 451 g/mol. The zero-order valence-electron chi connectivity index (χ0n) is 19.0. The summed E-state index contributed by atoms with van der Waals surface area (Å²) in [7, 11) is -3.92. The molecule has 2 aromatic rings. The van der Waals surface area contributed by atoms with Crippen molar-refractivity contribution in [3.8, 4) is 5.88 Å². The molecule has 1 aromatic carbocycles. The number of hydrogen-bond donors (Lipinski definition) is 0. The van der Waals surface area contributed by atoms with Gasteiger partial charge in [0, 0.05) is 11.8 Å². The number of nitrogens with zero attached hydrogens (tertiary/aromatic N) is 2. The number of benzene rings is 1. The summed E-state index contributed by atoms with van der Waals surface area (Å²) in [6.07, 6.45) is 1.20. The summed E-state index contributed by atoms with van der Waals surface area (Å²) in [6, 6.07) is 2.88. The Hall–Kier alpha value is -2.22. The zero-order chi connectivity index (χ0) is 23.1. The number of halogens is 1. The number of carbonyl (C=O) groups is 1. The molecule has 170 valence electrons. The zero-order valence-corrected chi connectivity index (χ0v) is 19.8. The van der Waals surface area contributed by atoms with Crippen LogP contribution in [0.4, 0.5) is 4.39 Å². The minimum absolute atomic E-state index is 0.00653. The smallest absolute Gasteiger partial charge is 0.231 e. The lowest BCUT2D eigenvalue weighted by Crippen LogP contribution is -2.33. The maximum atomic E-state index is 14.1. The summed E-state index contributed by atoms with van der Waals surface area (Å²) in [5, 5.41) is 4.15. The van der Waals surface area contributed by atoms with Crippen molar-refractivity contribution >= 4 is 15.6 Å². The fraction of sp³-hybridized carbons (Fsp3) is 0.565. The second-order valence-corrected chi connectivity index (χ2v) is 11.7. The number of ether oxygens (including phenoxy) is 1. The van der Waals surface area contributed by atoms with Gasteiger partial charge in [0.05, 0.1) is 19.3 Å². The Morgan fingerprint density at radius 3 is 2.32 bits per heavy atom.